The molecule has 0 spiro atoms. The number of nitrogens with zero attached hydrogens (tertiary/aromatic N) is 3. The molecule has 7 nitrogen and oxygen atoms in total. The molecule has 1 fully saturated rings. The van der Waals surface area contributed by atoms with Crippen molar-refractivity contribution in [1.29, 1.82) is 5.41 Å². The summed E-state index contributed by atoms with van der Waals surface area (Å²) in [6.07, 6.45) is 4.88. The van der Waals surface area contributed by atoms with Crippen LogP contribution in [0.1, 0.15) is 36.6 Å². The van der Waals surface area contributed by atoms with Gasteiger partial charge in [-0.2, -0.15) is 0 Å². The Labute approximate surface area is 229 Å². The van der Waals surface area contributed by atoms with Crippen molar-refractivity contribution in [1.82, 2.24) is 9.97 Å². The van der Waals surface area contributed by atoms with E-state index in [2.05, 4.69) is 48.9 Å². The van der Waals surface area contributed by atoms with Crippen molar-refractivity contribution in [3.05, 3.63) is 75.7 Å². The van der Waals surface area contributed by atoms with Crippen molar-refractivity contribution in [2.75, 3.05) is 30.2 Å². The fourth-order valence-electron chi connectivity index (χ4n) is 3.96. The van der Waals surface area contributed by atoms with E-state index >= 15 is 0 Å². The van der Waals surface area contributed by atoms with E-state index < -0.39 is 6.10 Å². The van der Waals surface area contributed by atoms with Gasteiger partial charge >= 0.3 is 0 Å². The molecule has 1 aliphatic heterocycles. The molecule has 4 rings (SSSR count). The van der Waals surface area contributed by atoms with Gasteiger partial charge in [-0.05, 0) is 66.2 Å². The first kappa shape index (κ1) is 26.4. The largest absolute Gasteiger partial charge is 0.486 e. The first-order chi connectivity index (χ1) is 16.7. The lowest BCUT2D eigenvalue weighted by atomic mass is 9.96. The number of anilines is 2. The molecule has 0 bridgehead atoms. The monoisotopic (exact) mass is 643 g/mol. The molecule has 1 aromatic carbocycles. The first-order valence-corrected chi connectivity index (χ1v) is 15.7. The number of benzene rings is 1. The van der Waals surface area contributed by atoms with Crippen LogP contribution in [0.3, 0.4) is 0 Å². The van der Waals surface area contributed by atoms with Crippen LogP contribution in [-0.2, 0) is 4.74 Å². The summed E-state index contributed by atoms with van der Waals surface area (Å²) in [4.78, 5) is 10.8. The lowest BCUT2D eigenvalue weighted by Crippen LogP contribution is -2.61. The highest BCUT2D eigenvalue weighted by atomic mass is 127. The summed E-state index contributed by atoms with van der Waals surface area (Å²) in [6, 6.07) is 9.51. The van der Waals surface area contributed by atoms with Gasteiger partial charge in [0.25, 0.3) is 0 Å². The predicted molar refractivity (Wildman–Crippen MR) is 153 cm³/mol. The topological polar surface area (TPSA) is 83.4 Å². The van der Waals surface area contributed by atoms with Gasteiger partial charge in [0.15, 0.2) is 0 Å². The number of ether oxygens (including phenoxy) is 2. The molecule has 1 unspecified atom stereocenters. The van der Waals surface area contributed by atoms with E-state index in [1.54, 1.807) is 25.7 Å². The molecule has 0 amide bonds. The number of hydrogen-bond donors (Lipinski definition) is 2. The van der Waals surface area contributed by atoms with E-state index in [0.29, 0.717) is 39.0 Å². The van der Waals surface area contributed by atoms with Gasteiger partial charge < -0.3 is 19.5 Å². The van der Waals surface area contributed by atoms with Gasteiger partial charge in [-0.1, -0.05) is 23.2 Å². The van der Waals surface area contributed by atoms with Crippen LogP contribution in [0, 0.1) is 5.41 Å². The lowest BCUT2D eigenvalue weighted by molar-refractivity contribution is -0.0171. The Hall–Kier alpha value is -1.71. The molecule has 1 saturated heterocycles. The van der Waals surface area contributed by atoms with E-state index in [-0.39, 0.29) is 5.60 Å². The Morgan fingerprint density at radius 1 is 1.20 bits per heavy atom. The molecule has 3 heterocycles. The summed E-state index contributed by atoms with van der Waals surface area (Å²) >= 11 is 14.9. The Balaban J connectivity index is 1.56. The number of rotatable bonds is 9. The zero-order valence-corrected chi connectivity index (χ0v) is 24.1. The van der Waals surface area contributed by atoms with Gasteiger partial charge in [-0.15, -0.1) is 0 Å². The number of hydrogen-bond acceptors (Lipinski definition) is 7. The Kier molecular flexibility index (Phi) is 8.38. The van der Waals surface area contributed by atoms with Crippen molar-refractivity contribution < 1.29 is 9.47 Å². The normalized spacial score (nSPS) is 15.7. The molecule has 11 heteroatoms. The fourth-order valence-corrected chi connectivity index (χ4v) is 5.83. The Morgan fingerprint density at radius 2 is 1.91 bits per heavy atom. The van der Waals surface area contributed by atoms with Crippen LogP contribution in [0.25, 0.3) is 0 Å². The summed E-state index contributed by atoms with van der Waals surface area (Å²) in [5.74, 6) is 1.48. The van der Waals surface area contributed by atoms with E-state index in [4.69, 9.17) is 38.1 Å². The summed E-state index contributed by atoms with van der Waals surface area (Å²) in [5, 5.41) is 13.1. The number of pyridine rings is 2. The van der Waals surface area contributed by atoms with Gasteiger partial charge in [0.2, 0.25) is 0 Å². The molecule has 2 aromatic heterocycles. The van der Waals surface area contributed by atoms with Gasteiger partial charge in [0, 0.05) is 67.5 Å². The third-order valence-electron chi connectivity index (χ3n) is 5.96. The second-order valence-corrected chi connectivity index (χ2v) is 11.4. The smallest absolute Gasteiger partial charge is 0.128 e. The SMILES string of the molecule is COC1(C)CN(c2ccc(C(=N)c3cc(O[C@H](C)c4c(Cl)cncc4Cl)ccc3NPI)cn2)C1. The quantitative estimate of drug-likeness (QED) is 0.150. The fraction of sp³-hybridized carbons (Fsp3) is 0.292. The Bertz CT molecular complexity index is 1200. The summed E-state index contributed by atoms with van der Waals surface area (Å²) < 4.78 is 11.7. The van der Waals surface area contributed by atoms with Gasteiger partial charge in [0.05, 0.1) is 21.4 Å². The Morgan fingerprint density at radius 3 is 2.51 bits per heavy atom. The van der Waals surface area contributed by atoms with E-state index in [1.165, 1.54) is 0 Å². The minimum Gasteiger partial charge on any atom is -0.486 e. The molecule has 35 heavy (non-hydrogen) atoms. The number of aromatic nitrogens is 2. The second kappa shape index (κ2) is 11.1. The number of nitrogens with one attached hydrogen (secondary N) is 2. The third-order valence-corrected chi connectivity index (χ3v) is 7.73. The minimum absolute atomic E-state index is 0.129. The average molecular weight is 644 g/mol. The number of halogens is 3. The molecule has 0 aliphatic carbocycles. The van der Waals surface area contributed by atoms with Gasteiger partial charge in [-0.3, -0.25) is 10.4 Å². The van der Waals surface area contributed by atoms with E-state index in [9.17, 15) is 0 Å². The summed E-state index contributed by atoms with van der Waals surface area (Å²) in [7, 11) is 1.73. The van der Waals surface area contributed by atoms with E-state index in [1.807, 2.05) is 37.3 Å². The van der Waals surface area contributed by atoms with Crippen molar-refractivity contribution in [3.8, 4) is 5.75 Å². The number of methoxy groups -OCH3 is 1. The molecule has 3 aromatic rings. The minimum atomic E-state index is -0.402. The summed E-state index contributed by atoms with van der Waals surface area (Å²) in [5.41, 5.74) is 3.18. The highest BCUT2D eigenvalue weighted by molar-refractivity contribution is 14.2. The maximum Gasteiger partial charge on any atom is 0.128 e. The predicted octanol–water partition coefficient (Wildman–Crippen LogP) is 6.92. The maximum atomic E-state index is 8.91. The standard InChI is InChI=1S/C24H25Cl2IN5O2P/c1-14(22-18(25)10-29-11-19(22)26)34-16-5-6-20(31-35-27)17(8-16)23(28)15-4-7-21(30-9-15)32-12-24(2,13-32)33-3/h4-11,14,28,31,35H,12-13H2,1-3H3/t14-/m1/s1. The maximum absolute atomic E-state index is 8.91. The molecule has 184 valence electrons. The molecule has 2 atom stereocenters. The second-order valence-electron chi connectivity index (χ2n) is 8.49. The van der Waals surface area contributed by atoms with Crippen molar-refractivity contribution in [2.24, 2.45) is 0 Å². The molecule has 0 radical (unpaired) electrons. The molecule has 2 N–H and O–H groups in total. The van der Waals surface area contributed by atoms with Gasteiger partial charge in [-0.25, -0.2) is 4.98 Å². The van der Waals surface area contributed by atoms with Gasteiger partial charge in [0.1, 0.15) is 17.7 Å². The first-order valence-electron chi connectivity index (χ1n) is 10.8. The van der Waals surface area contributed by atoms with Crippen LogP contribution in [-0.4, -0.2) is 41.5 Å². The highest BCUT2D eigenvalue weighted by Crippen LogP contribution is 2.35. The summed E-state index contributed by atoms with van der Waals surface area (Å²) in [6.45, 7) is 5.55. The molecule has 0 saturated carbocycles. The van der Waals surface area contributed by atoms with Crippen LogP contribution in [0.15, 0.2) is 48.9 Å². The van der Waals surface area contributed by atoms with Crippen LogP contribution < -0.4 is 14.7 Å². The zero-order chi connectivity index (χ0) is 25.2. The van der Waals surface area contributed by atoms with Crippen molar-refractivity contribution >= 4 is 68.8 Å². The van der Waals surface area contributed by atoms with Crippen molar-refractivity contribution in [2.45, 2.75) is 25.6 Å². The highest BCUT2D eigenvalue weighted by Gasteiger charge is 2.39. The average Bonchev–Trinajstić information content (AvgIpc) is 2.82. The molecule has 1 aliphatic rings. The van der Waals surface area contributed by atoms with Crippen LogP contribution in [0.2, 0.25) is 10.0 Å². The van der Waals surface area contributed by atoms with Crippen molar-refractivity contribution in [3.63, 3.8) is 0 Å². The molecular formula is C24H25Cl2IN5O2P. The zero-order valence-electron chi connectivity index (χ0n) is 19.4. The van der Waals surface area contributed by atoms with Crippen LogP contribution in [0.5, 0.6) is 5.75 Å². The molecular weight excluding hydrogens is 619 g/mol. The van der Waals surface area contributed by atoms with Crippen LogP contribution >= 0.6 is 51.6 Å². The third kappa shape index (κ3) is 5.83. The van der Waals surface area contributed by atoms with E-state index in [0.717, 1.165) is 30.2 Å². The lowest BCUT2D eigenvalue weighted by Gasteiger charge is -2.47. The van der Waals surface area contributed by atoms with Crippen LogP contribution in [0.4, 0.5) is 11.5 Å².